The van der Waals surface area contributed by atoms with E-state index in [2.05, 4.69) is 0 Å². The first-order chi connectivity index (χ1) is 11.5. The van der Waals surface area contributed by atoms with Gasteiger partial charge < -0.3 is 14.2 Å². The van der Waals surface area contributed by atoms with Crippen LogP contribution in [-0.4, -0.2) is 25.1 Å². The minimum Gasteiger partial charge on any atom is -0.493 e. The molecule has 0 atom stereocenters. The molecule has 0 spiro atoms. The molecular weight excluding hydrogens is 338 g/mol. The lowest BCUT2D eigenvalue weighted by molar-refractivity contribution is -0.384. The third-order valence-corrected chi connectivity index (χ3v) is 3.53. The number of esters is 1. The first-order valence-corrected chi connectivity index (χ1v) is 7.16. The van der Waals surface area contributed by atoms with Crippen molar-refractivity contribution in [2.24, 2.45) is 0 Å². The van der Waals surface area contributed by atoms with Gasteiger partial charge in [-0.1, -0.05) is 17.7 Å². The molecule has 0 bridgehead atoms. The molecule has 126 valence electrons. The van der Waals surface area contributed by atoms with Crippen molar-refractivity contribution in [2.75, 3.05) is 14.2 Å². The fraction of sp³-hybridized carbons (Fsp3) is 0.188. The summed E-state index contributed by atoms with van der Waals surface area (Å²) in [6.07, 6.45) is 0. The second-order valence-corrected chi connectivity index (χ2v) is 5.09. The van der Waals surface area contributed by atoms with Gasteiger partial charge in [0.05, 0.1) is 29.7 Å². The summed E-state index contributed by atoms with van der Waals surface area (Å²) in [5.74, 6) is 0.298. The molecule has 2 rings (SSSR count). The van der Waals surface area contributed by atoms with E-state index >= 15 is 0 Å². The number of nitro groups is 1. The third kappa shape index (κ3) is 3.94. The smallest absolute Gasteiger partial charge is 0.340 e. The molecule has 0 unspecified atom stereocenters. The van der Waals surface area contributed by atoms with Crippen LogP contribution >= 0.6 is 11.6 Å². The quantitative estimate of drug-likeness (QED) is 0.448. The lowest BCUT2D eigenvalue weighted by atomic mass is 10.2. The van der Waals surface area contributed by atoms with E-state index in [-0.39, 0.29) is 22.9 Å². The van der Waals surface area contributed by atoms with E-state index in [0.717, 1.165) is 6.07 Å². The summed E-state index contributed by atoms with van der Waals surface area (Å²) in [5, 5.41) is 10.9. The second-order valence-electron chi connectivity index (χ2n) is 4.69. The standard InChI is InChI=1S/C16H14ClNO6/c1-22-14-6-3-10(7-15(14)23-2)9-24-16(19)12-8-11(18(20)21)4-5-13(12)17/h3-8H,9H2,1-2H3. The van der Waals surface area contributed by atoms with E-state index in [1.165, 1.54) is 26.4 Å². The highest BCUT2D eigenvalue weighted by molar-refractivity contribution is 6.33. The maximum absolute atomic E-state index is 12.1. The molecule has 0 radical (unpaired) electrons. The average molecular weight is 352 g/mol. The Morgan fingerprint density at radius 1 is 1.12 bits per heavy atom. The predicted octanol–water partition coefficient (Wildman–Crippen LogP) is 3.62. The molecule has 0 aromatic heterocycles. The largest absolute Gasteiger partial charge is 0.493 e. The highest BCUT2D eigenvalue weighted by atomic mass is 35.5. The van der Waals surface area contributed by atoms with Gasteiger partial charge >= 0.3 is 5.97 Å². The van der Waals surface area contributed by atoms with E-state index in [9.17, 15) is 14.9 Å². The van der Waals surface area contributed by atoms with E-state index < -0.39 is 10.9 Å². The summed E-state index contributed by atoms with van der Waals surface area (Å²) in [5.41, 5.74) is 0.367. The Labute approximate surface area is 142 Å². The molecule has 7 nitrogen and oxygen atoms in total. The summed E-state index contributed by atoms with van der Waals surface area (Å²) in [4.78, 5) is 22.3. The highest BCUT2D eigenvalue weighted by Crippen LogP contribution is 2.28. The van der Waals surface area contributed by atoms with Gasteiger partial charge in [0, 0.05) is 12.1 Å². The molecule has 0 aliphatic carbocycles. The van der Waals surface area contributed by atoms with Crippen molar-refractivity contribution in [2.45, 2.75) is 6.61 Å². The fourth-order valence-electron chi connectivity index (χ4n) is 1.98. The van der Waals surface area contributed by atoms with Gasteiger partial charge in [0.2, 0.25) is 0 Å². The van der Waals surface area contributed by atoms with Gasteiger partial charge in [0.1, 0.15) is 6.61 Å². The number of carbonyl (C=O) groups excluding carboxylic acids is 1. The number of hydrogen-bond acceptors (Lipinski definition) is 6. The van der Waals surface area contributed by atoms with Crippen LogP contribution in [0.2, 0.25) is 5.02 Å². The van der Waals surface area contributed by atoms with Gasteiger partial charge in [-0.15, -0.1) is 0 Å². The average Bonchev–Trinajstić information content (AvgIpc) is 2.59. The van der Waals surface area contributed by atoms with Gasteiger partial charge in [-0.3, -0.25) is 10.1 Å². The molecule has 0 aliphatic rings. The molecule has 8 heteroatoms. The van der Waals surface area contributed by atoms with Crippen molar-refractivity contribution >= 4 is 23.3 Å². The van der Waals surface area contributed by atoms with Gasteiger partial charge in [-0.05, 0) is 23.8 Å². The van der Waals surface area contributed by atoms with Crippen LogP contribution in [0.3, 0.4) is 0 Å². The van der Waals surface area contributed by atoms with Crippen molar-refractivity contribution in [3.8, 4) is 11.5 Å². The summed E-state index contributed by atoms with van der Waals surface area (Å²) in [6.45, 7) is -0.0434. The van der Waals surface area contributed by atoms with Crippen LogP contribution in [0.1, 0.15) is 15.9 Å². The zero-order chi connectivity index (χ0) is 17.7. The van der Waals surface area contributed by atoms with Crippen molar-refractivity contribution in [1.29, 1.82) is 0 Å². The summed E-state index contributed by atoms with van der Waals surface area (Å²) in [6, 6.07) is 8.65. The molecule has 0 saturated heterocycles. The van der Waals surface area contributed by atoms with Crippen LogP contribution in [0.15, 0.2) is 36.4 Å². The lowest BCUT2D eigenvalue weighted by Gasteiger charge is -2.10. The molecule has 0 fully saturated rings. The summed E-state index contributed by atoms with van der Waals surface area (Å²) >= 11 is 5.90. The van der Waals surface area contributed by atoms with E-state index in [4.69, 9.17) is 25.8 Å². The number of benzene rings is 2. The van der Waals surface area contributed by atoms with Crippen molar-refractivity contribution in [3.63, 3.8) is 0 Å². The van der Waals surface area contributed by atoms with Crippen molar-refractivity contribution < 1.29 is 23.9 Å². The van der Waals surface area contributed by atoms with Crippen LogP contribution in [0.25, 0.3) is 0 Å². The predicted molar refractivity (Wildman–Crippen MR) is 86.8 cm³/mol. The molecule has 2 aromatic rings. The zero-order valence-corrected chi connectivity index (χ0v) is 13.7. The Bertz CT molecular complexity index is 777. The molecular formula is C16H14ClNO6. The number of carbonyl (C=O) groups is 1. The number of nitro benzene ring substituents is 1. The number of nitrogens with zero attached hydrogens (tertiary/aromatic N) is 1. The minimum atomic E-state index is -0.751. The minimum absolute atomic E-state index is 0.0434. The summed E-state index contributed by atoms with van der Waals surface area (Å²) in [7, 11) is 3.01. The fourth-order valence-corrected chi connectivity index (χ4v) is 2.18. The van der Waals surface area contributed by atoms with Crippen LogP contribution < -0.4 is 9.47 Å². The lowest BCUT2D eigenvalue weighted by Crippen LogP contribution is -2.07. The van der Waals surface area contributed by atoms with Crippen LogP contribution in [0, 0.1) is 10.1 Å². The Balaban J connectivity index is 2.13. The monoisotopic (exact) mass is 351 g/mol. The summed E-state index contributed by atoms with van der Waals surface area (Å²) < 4.78 is 15.5. The van der Waals surface area contributed by atoms with Gasteiger partial charge in [-0.25, -0.2) is 4.79 Å². The van der Waals surface area contributed by atoms with Crippen molar-refractivity contribution in [1.82, 2.24) is 0 Å². The molecule has 2 aromatic carbocycles. The molecule has 0 N–H and O–H groups in total. The SMILES string of the molecule is COc1ccc(COC(=O)c2cc([N+](=O)[O-])ccc2Cl)cc1OC. The molecule has 0 saturated carbocycles. The zero-order valence-electron chi connectivity index (χ0n) is 12.9. The number of halogens is 1. The van der Waals surface area contributed by atoms with E-state index in [1.807, 2.05) is 0 Å². The van der Waals surface area contributed by atoms with Crippen LogP contribution in [0.4, 0.5) is 5.69 Å². The first kappa shape index (κ1) is 17.6. The Morgan fingerprint density at radius 3 is 2.46 bits per heavy atom. The number of ether oxygens (including phenoxy) is 3. The Hall–Kier alpha value is -2.80. The topological polar surface area (TPSA) is 87.9 Å². The van der Waals surface area contributed by atoms with Crippen LogP contribution in [-0.2, 0) is 11.3 Å². The van der Waals surface area contributed by atoms with E-state index in [0.29, 0.717) is 17.1 Å². The molecule has 0 aliphatic heterocycles. The highest BCUT2D eigenvalue weighted by Gasteiger charge is 2.17. The number of rotatable bonds is 6. The molecule has 0 heterocycles. The third-order valence-electron chi connectivity index (χ3n) is 3.20. The number of non-ortho nitro benzene ring substituents is 1. The van der Waals surface area contributed by atoms with Gasteiger partial charge in [-0.2, -0.15) is 0 Å². The number of hydrogen-bond donors (Lipinski definition) is 0. The molecule has 0 amide bonds. The van der Waals surface area contributed by atoms with Crippen LogP contribution in [0.5, 0.6) is 11.5 Å². The number of methoxy groups -OCH3 is 2. The first-order valence-electron chi connectivity index (χ1n) is 6.78. The molecule has 24 heavy (non-hydrogen) atoms. The van der Waals surface area contributed by atoms with Gasteiger partial charge in [0.25, 0.3) is 5.69 Å². The van der Waals surface area contributed by atoms with E-state index in [1.54, 1.807) is 18.2 Å². The maximum atomic E-state index is 12.1. The maximum Gasteiger partial charge on any atom is 0.340 e. The Kier molecular flexibility index (Phi) is 5.59. The normalized spacial score (nSPS) is 10.1. The van der Waals surface area contributed by atoms with Gasteiger partial charge in [0.15, 0.2) is 11.5 Å². The Morgan fingerprint density at radius 2 is 1.83 bits per heavy atom. The van der Waals surface area contributed by atoms with Crippen molar-refractivity contribution in [3.05, 3.63) is 62.7 Å². The second kappa shape index (κ2) is 7.65.